The number of hydrogen-bond donors (Lipinski definition) is 1. The molecule has 7 nitrogen and oxygen atoms in total. The van der Waals surface area contributed by atoms with Crippen molar-refractivity contribution in [2.75, 3.05) is 33.4 Å². The van der Waals surface area contributed by atoms with E-state index in [1.807, 2.05) is 23.6 Å². The number of benzene rings is 2. The molecule has 164 valence electrons. The lowest BCUT2D eigenvalue weighted by Crippen LogP contribution is -2.40. The van der Waals surface area contributed by atoms with Gasteiger partial charge in [-0.15, -0.1) is 11.3 Å². The van der Waals surface area contributed by atoms with Crippen LogP contribution in [0.2, 0.25) is 0 Å². The average Bonchev–Trinajstić information content (AvgIpc) is 3.21. The number of carbonyl (C=O) groups excluding carboxylic acids is 1. The van der Waals surface area contributed by atoms with Gasteiger partial charge in [0.2, 0.25) is 15.9 Å². The molecule has 2 heterocycles. The van der Waals surface area contributed by atoms with Crippen LogP contribution in [0.25, 0.3) is 10.1 Å². The molecule has 0 bridgehead atoms. The number of sulfonamides is 1. The van der Waals surface area contributed by atoms with Crippen LogP contribution in [-0.4, -0.2) is 52.0 Å². The van der Waals surface area contributed by atoms with Crippen molar-refractivity contribution in [1.82, 2.24) is 9.62 Å². The normalized spacial score (nSPS) is 15.1. The van der Waals surface area contributed by atoms with E-state index in [0.717, 1.165) is 10.9 Å². The minimum atomic E-state index is -3.74. The highest BCUT2D eigenvalue weighted by atomic mass is 32.2. The van der Waals surface area contributed by atoms with Gasteiger partial charge in [0.25, 0.3) is 0 Å². The van der Waals surface area contributed by atoms with Crippen molar-refractivity contribution < 1.29 is 22.7 Å². The summed E-state index contributed by atoms with van der Waals surface area (Å²) in [6.45, 7) is 1.75. The van der Waals surface area contributed by atoms with E-state index < -0.39 is 10.0 Å². The van der Waals surface area contributed by atoms with Gasteiger partial charge in [0.05, 0.1) is 26.7 Å². The maximum absolute atomic E-state index is 13.1. The first-order chi connectivity index (χ1) is 15.0. The van der Waals surface area contributed by atoms with E-state index in [-0.39, 0.29) is 23.0 Å². The number of carbonyl (C=O) groups is 1. The first-order valence-electron chi connectivity index (χ1n) is 9.95. The number of morpholine rings is 1. The van der Waals surface area contributed by atoms with E-state index in [4.69, 9.17) is 9.47 Å². The molecule has 1 saturated heterocycles. The van der Waals surface area contributed by atoms with E-state index in [9.17, 15) is 13.2 Å². The summed E-state index contributed by atoms with van der Waals surface area (Å²) in [5.41, 5.74) is 1.68. The number of nitrogens with one attached hydrogen (secondary N) is 1. The van der Waals surface area contributed by atoms with Crippen LogP contribution in [-0.2, 0) is 32.5 Å². The summed E-state index contributed by atoms with van der Waals surface area (Å²) in [7, 11) is -2.30. The van der Waals surface area contributed by atoms with E-state index in [1.54, 1.807) is 23.5 Å². The summed E-state index contributed by atoms with van der Waals surface area (Å²) in [5, 5.41) is 6.12. The molecule has 1 fully saturated rings. The fraction of sp³-hybridized carbons (Fsp3) is 0.318. The maximum Gasteiger partial charge on any atom is 0.246 e. The highest BCUT2D eigenvalue weighted by molar-refractivity contribution is 7.89. The first-order valence-corrected chi connectivity index (χ1v) is 12.3. The van der Waals surface area contributed by atoms with Crippen LogP contribution in [0.15, 0.2) is 52.7 Å². The monoisotopic (exact) mass is 460 g/mol. The number of thiophene rings is 1. The summed E-state index contributed by atoms with van der Waals surface area (Å²) >= 11 is 1.65. The molecule has 0 atom stereocenters. The van der Waals surface area contributed by atoms with Crippen molar-refractivity contribution in [2.24, 2.45) is 0 Å². The predicted molar refractivity (Wildman–Crippen MR) is 120 cm³/mol. The molecule has 0 spiro atoms. The number of fused-ring (bicyclic) bond motifs is 1. The zero-order chi connectivity index (χ0) is 21.8. The largest absolute Gasteiger partial charge is 0.495 e. The van der Waals surface area contributed by atoms with Gasteiger partial charge in [-0.2, -0.15) is 4.31 Å². The third-order valence-electron chi connectivity index (χ3n) is 5.22. The molecular formula is C22H24N2O5S2. The van der Waals surface area contributed by atoms with Crippen LogP contribution < -0.4 is 10.1 Å². The SMILES string of the molecule is COc1ccc(CC(=O)NCc2csc3ccccc23)cc1S(=O)(=O)N1CCOCC1. The van der Waals surface area contributed by atoms with Gasteiger partial charge >= 0.3 is 0 Å². The topological polar surface area (TPSA) is 84.9 Å². The molecule has 1 aliphatic rings. The Bertz CT molecular complexity index is 1180. The van der Waals surface area contributed by atoms with Gasteiger partial charge in [-0.25, -0.2) is 8.42 Å². The highest BCUT2D eigenvalue weighted by Gasteiger charge is 2.29. The Morgan fingerprint density at radius 3 is 2.74 bits per heavy atom. The smallest absolute Gasteiger partial charge is 0.246 e. The van der Waals surface area contributed by atoms with Crippen LogP contribution >= 0.6 is 11.3 Å². The molecule has 1 aliphatic heterocycles. The minimum absolute atomic E-state index is 0.0750. The Labute approximate surface area is 185 Å². The zero-order valence-electron chi connectivity index (χ0n) is 17.2. The van der Waals surface area contributed by atoms with Crippen LogP contribution in [0.5, 0.6) is 5.75 Å². The number of nitrogens with zero attached hydrogens (tertiary/aromatic N) is 1. The molecule has 1 amide bonds. The molecule has 0 unspecified atom stereocenters. The van der Waals surface area contributed by atoms with Crippen molar-refractivity contribution in [3.8, 4) is 5.75 Å². The predicted octanol–water partition coefficient (Wildman–Crippen LogP) is 2.79. The second-order valence-electron chi connectivity index (χ2n) is 7.21. The molecule has 4 rings (SSSR count). The number of ether oxygens (including phenoxy) is 2. The zero-order valence-corrected chi connectivity index (χ0v) is 18.8. The van der Waals surface area contributed by atoms with Crippen LogP contribution in [0.4, 0.5) is 0 Å². The Kier molecular flexibility index (Phi) is 6.57. The molecule has 0 saturated carbocycles. The molecule has 1 N–H and O–H groups in total. The molecular weight excluding hydrogens is 436 g/mol. The summed E-state index contributed by atoms with van der Waals surface area (Å²) < 4.78 is 39.3. The van der Waals surface area contributed by atoms with E-state index in [2.05, 4.69) is 11.4 Å². The molecule has 0 aliphatic carbocycles. The van der Waals surface area contributed by atoms with Gasteiger partial charge in [-0.05, 0) is 40.1 Å². The highest BCUT2D eigenvalue weighted by Crippen LogP contribution is 2.29. The van der Waals surface area contributed by atoms with Crippen molar-refractivity contribution in [1.29, 1.82) is 0 Å². The average molecular weight is 461 g/mol. The Balaban J connectivity index is 1.48. The summed E-state index contributed by atoms with van der Waals surface area (Å²) in [5.74, 6) is 0.0931. The van der Waals surface area contributed by atoms with Gasteiger partial charge in [0.15, 0.2) is 0 Å². The third-order valence-corrected chi connectivity index (χ3v) is 8.15. The molecule has 2 aromatic carbocycles. The Hall–Kier alpha value is -2.46. The van der Waals surface area contributed by atoms with E-state index in [0.29, 0.717) is 38.4 Å². The summed E-state index contributed by atoms with van der Waals surface area (Å²) in [6.07, 6.45) is 0.0810. The molecule has 3 aromatic rings. The maximum atomic E-state index is 13.1. The second-order valence-corrected chi connectivity index (χ2v) is 10.0. The number of amides is 1. The molecule has 1 aromatic heterocycles. The van der Waals surface area contributed by atoms with E-state index in [1.165, 1.54) is 22.2 Å². The summed E-state index contributed by atoms with van der Waals surface area (Å²) in [4.78, 5) is 12.6. The quantitative estimate of drug-likeness (QED) is 0.586. The van der Waals surface area contributed by atoms with Crippen molar-refractivity contribution in [3.63, 3.8) is 0 Å². The molecule has 9 heteroatoms. The van der Waals surface area contributed by atoms with Crippen molar-refractivity contribution >= 4 is 37.4 Å². The first kappa shape index (κ1) is 21.8. The molecule has 0 radical (unpaired) electrons. The van der Waals surface area contributed by atoms with Gasteiger partial charge in [-0.1, -0.05) is 24.3 Å². The number of methoxy groups -OCH3 is 1. The van der Waals surface area contributed by atoms with Crippen LogP contribution in [0.3, 0.4) is 0 Å². The lowest BCUT2D eigenvalue weighted by molar-refractivity contribution is -0.120. The van der Waals surface area contributed by atoms with Crippen molar-refractivity contribution in [2.45, 2.75) is 17.9 Å². The van der Waals surface area contributed by atoms with Gasteiger partial charge in [0.1, 0.15) is 10.6 Å². The van der Waals surface area contributed by atoms with Crippen LogP contribution in [0.1, 0.15) is 11.1 Å². The van der Waals surface area contributed by atoms with Crippen LogP contribution in [0, 0.1) is 0 Å². The Morgan fingerprint density at radius 2 is 1.97 bits per heavy atom. The minimum Gasteiger partial charge on any atom is -0.495 e. The van der Waals surface area contributed by atoms with E-state index >= 15 is 0 Å². The number of hydrogen-bond acceptors (Lipinski definition) is 6. The van der Waals surface area contributed by atoms with Gasteiger partial charge in [-0.3, -0.25) is 4.79 Å². The van der Waals surface area contributed by atoms with Crippen molar-refractivity contribution in [3.05, 3.63) is 59.0 Å². The Morgan fingerprint density at radius 1 is 1.19 bits per heavy atom. The summed E-state index contributed by atoms with van der Waals surface area (Å²) in [6, 6.07) is 12.9. The fourth-order valence-electron chi connectivity index (χ4n) is 3.57. The second kappa shape index (κ2) is 9.35. The standard InChI is InChI=1S/C22H24N2O5S2/c1-28-19-7-6-16(12-21(19)31(26,27)24-8-10-29-11-9-24)13-22(25)23-14-17-15-30-20-5-3-2-4-18(17)20/h2-7,12,15H,8-11,13-14H2,1H3,(H,23,25). The van der Waals surface area contributed by atoms with Gasteiger partial charge in [0, 0.05) is 24.3 Å². The number of rotatable bonds is 7. The molecule has 31 heavy (non-hydrogen) atoms. The van der Waals surface area contributed by atoms with Gasteiger partial charge < -0.3 is 14.8 Å². The third kappa shape index (κ3) is 4.74. The lowest BCUT2D eigenvalue weighted by Gasteiger charge is -2.26. The fourth-order valence-corrected chi connectivity index (χ4v) is 6.15. The lowest BCUT2D eigenvalue weighted by atomic mass is 10.1.